The first-order chi connectivity index (χ1) is 18.6. The second-order valence-corrected chi connectivity index (χ2v) is 10.3. The van der Waals surface area contributed by atoms with E-state index in [0.29, 0.717) is 17.0 Å². The molecule has 200 valence electrons. The molecule has 0 saturated carbocycles. The molecule has 39 heavy (non-hydrogen) atoms. The standard InChI is InChI=1S/C31H29ClN2O5/c1-31(2,3)33-29(36)28(27-19-22(35)18-26(39-27)20-10-6-5-7-11-20)34(21-14-16-23(38-4)17-15-21)30(37)24-12-8-9-13-25(24)32/h5-19,28H,1-4H3,(H,33,36). The minimum atomic E-state index is -1.35. The molecule has 0 spiro atoms. The van der Waals surface area contributed by atoms with E-state index in [9.17, 15) is 14.4 Å². The number of nitrogens with one attached hydrogen (secondary N) is 1. The lowest BCUT2D eigenvalue weighted by Gasteiger charge is -2.33. The number of hydrogen-bond acceptors (Lipinski definition) is 5. The van der Waals surface area contributed by atoms with Crippen LogP contribution in [-0.4, -0.2) is 24.5 Å². The third-order valence-electron chi connectivity index (χ3n) is 5.79. The molecule has 0 radical (unpaired) electrons. The molecular weight excluding hydrogens is 516 g/mol. The first-order valence-electron chi connectivity index (χ1n) is 12.3. The SMILES string of the molecule is COc1ccc(N(C(=O)c2ccccc2Cl)C(C(=O)NC(C)(C)C)c2cc(=O)cc(-c3ccccc3)o2)cc1. The van der Waals surface area contributed by atoms with Crippen molar-refractivity contribution in [3.05, 3.63) is 118 Å². The first kappa shape index (κ1) is 27.7. The summed E-state index contributed by atoms with van der Waals surface area (Å²) in [5.41, 5.74) is 0.196. The third-order valence-corrected chi connectivity index (χ3v) is 6.12. The number of methoxy groups -OCH3 is 1. The van der Waals surface area contributed by atoms with Crippen LogP contribution in [0.2, 0.25) is 5.02 Å². The normalized spacial score (nSPS) is 11.9. The minimum absolute atomic E-state index is 0.000625. The van der Waals surface area contributed by atoms with E-state index >= 15 is 0 Å². The zero-order valence-corrected chi connectivity index (χ0v) is 22.9. The average Bonchev–Trinajstić information content (AvgIpc) is 2.91. The third kappa shape index (κ3) is 6.56. The van der Waals surface area contributed by atoms with Gasteiger partial charge in [0, 0.05) is 28.9 Å². The zero-order valence-electron chi connectivity index (χ0n) is 22.1. The topological polar surface area (TPSA) is 88.9 Å². The molecule has 1 unspecified atom stereocenters. The summed E-state index contributed by atoms with van der Waals surface area (Å²) in [6, 6.07) is 23.5. The number of amides is 2. The van der Waals surface area contributed by atoms with Gasteiger partial charge in [-0.3, -0.25) is 19.3 Å². The molecule has 1 aromatic heterocycles. The van der Waals surface area contributed by atoms with Gasteiger partial charge in [-0.05, 0) is 57.2 Å². The van der Waals surface area contributed by atoms with Gasteiger partial charge in [-0.25, -0.2) is 0 Å². The molecule has 0 fully saturated rings. The molecule has 0 aliphatic rings. The summed E-state index contributed by atoms with van der Waals surface area (Å²) in [5, 5.41) is 3.16. The largest absolute Gasteiger partial charge is 0.497 e. The van der Waals surface area contributed by atoms with Gasteiger partial charge < -0.3 is 14.5 Å². The van der Waals surface area contributed by atoms with Crippen molar-refractivity contribution in [1.82, 2.24) is 5.32 Å². The van der Waals surface area contributed by atoms with E-state index in [1.807, 2.05) is 39.0 Å². The van der Waals surface area contributed by atoms with Crippen LogP contribution in [0.5, 0.6) is 5.75 Å². The van der Waals surface area contributed by atoms with Crippen LogP contribution < -0.4 is 20.4 Å². The van der Waals surface area contributed by atoms with Crippen molar-refractivity contribution in [2.75, 3.05) is 12.0 Å². The van der Waals surface area contributed by atoms with Crippen LogP contribution in [0.25, 0.3) is 11.3 Å². The van der Waals surface area contributed by atoms with Gasteiger partial charge >= 0.3 is 0 Å². The maximum absolute atomic E-state index is 14.2. The Bertz CT molecular complexity index is 1530. The summed E-state index contributed by atoms with van der Waals surface area (Å²) >= 11 is 6.42. The molecule has 0 bridgehead atoms. The highest BCUT2D eigenvalue weighted by molar-refractivity contribution is 6.34. The van der Waals surface area contributed by atoms with E-state index in [0.717, 1.165) is 0 Å². The Hall–Kier alpha value is -4.36. The summed E-state index contributed by atoms with van der Waals surface area (Å²) in [6.07, 6.45) is 0. The molecule has 1 heterocycles. The predicted molar refractivity (Wildman–Crippen MR) is 152 cm³/mol. The summed E-state index contributed by atoms with van der Waals surface area (Å²) in [4.78, 5) is 42.3. The molecule has 7 nitrogen and oxygen atoms in total. The molecule has 2 amide bonds. The molecule has 0 aliphatic carbocycles. The van der Waals surface area contributed by atoms with Gasteiger partial charge in [0.25, 0.3) is 11.8 Å². The number of carbonyl (C=O) groups is 2. The molecular formula is C31H29ClN2O5. The van der Waals surface area contributed by atoms with E-state index in [4.69, 9.17) is 20.8 Å². The van der Waals surface area contributed by atoms with Crippen molar-refractivity contribution in [3.8, 4) is 17.1 Å². The van der Waals surface area contributed by atoms with Crippen LogP contribution in [0.1, 0.15) is 42.9 Å². The first-order valence-corrected chi connectivity index (χ1v) is 12.7. The number of hydrogen-bond donors (Lipinski definition) is 1. The van der Waals surface area contributed by atoms with Gasteiger partial charge in [0.1, 0.15) is 17.3 Å². The Morgan fingerprint density at radius 2 is 1.56 bits per heavy atom. The van der Waals surface area contributed by atoms with Crippen LogP contribution >= 0.6 is 11.6 Å². The molecule has 1 atom stereocenters. The van der Waals surface area contributed by atoms with Gasteiger partial charge in [-0.15, -0.1) is 0 Å². The van der Waals surface area contributed by atoms with Crippen molar-refractivity contribution in [3.63, 3.8) is 0 Å². The number of halogens is 1. The number of ether oxygens (including phenoxy) is 1. The summed E-state index contributed by atoms with van der Waals surface area (Å²) in [7, 11) is 1.53. The average molecular weight is 545 g/mol. The van der Waals surface area contributed by atoms with Crippen molar-refractivity contribution in [2.45, 2.75) is 32.4 Å². The monoisotopic (exact) mass is 544 g/mol. The molecule has 8 heteroatoms. The van der Waals surface area contributed by atoms with Crippen LogP contribution in [-0.2, 0) is 4.79 Å². The fraction of sp³-hybridized carbons (Fsp3) is 0.194. The van der Waals surface area contributed by atoms with E-state index in [1.54, 1.807) is 60.7 Å². The summed E-state index contributed by atoms with van der Waals surface area (Å²) < 4.78 is 11.5. The van der Waals surface area contributed by atoms with E-state index < -0.39 is 23.4 Å². The molecule has 4 aromatic rings. The van der Waals surface area contributed by atoms with Crippen molar-refractivity contribution in [2.24, 2.45) is 0 Å². The second kappa shape index (κ2) is 11.6. The highest BCUT2D eigenvalue weighted by Gasteiger charge is 2.37. The minimum Gasteiger partial charge on any atom is -0.497 e. The van der Waals surface area contributed by atoms with Crippen LogP contribution in [0.3, 0.4) is 0 Å². The van der Waals surface area contributed by atoms with Gasteiger partial charge in [0.2, 0.25) is 0 Å². The molecule has 3 aromatic carbocycles. The van der Waals surface area contributed by atoms with Crippen molar-refractivity contribution >= 4 is 29.1 Å². The number of carbonyl (C=O) groups excluding carboxylic acids is 2. The van der Waals surface area contributed by atoms with E-state index in [1.165, 1.54) is 24.1 Å². The quantitative estimate of drug-likeness (QED) is 0.296. The van der Waals surface area contributed by atoms with Crippen molar-refractivity contribution in [1.29, 1.82) is 0 Å². The van der Waals surface area contributed by atoms with Gasteiger partial charge in [0.05, 0.1) is 17.7 Å². The highest BCUT2D eigenvalue weighted by Crippen LogP contribution is 2.34. The smallest absolute Gasteiger partial charge is 0.260 e. The second-order valence-electron chi connectivity index (χ2n) is 9.92. The van der Waals surface area contributed by atoms with Crippen molar-refractivity contribution < 1.29 is 18.7 Å². The number of benzene rings is 3. The maximum Gasteiger partial charge on any atom is 0.260 e. The number of nitrogens with zero attached hydrogens (tertiary/aromatic N) is 1. The highest BCUT2D eigenvalue weighted by atomic mass is 35.5. The van der Waals surface area contributed by atoms with Crippen LogP contribution in [0.4, 0.5) is 5.69 Å². The van der Waals surface area contributed by atoms with Gasteiger partial charge in [-0.2, -0.15) is 0 Å². The summed E-state index contributed by atoms with van der Waals surface area (Å²) in [6.45, 7) is 5.48. The Labute approximate surface area is 232 Å². The Morgan fingerprint density at radius 3 is 2.18 bits per heavy atom. The van der Waals surface area contributed by atoms with Gasteiger partial charge in [0.15, 0.2) is 11.5 Å². The van der Waals surface area contributed by atoms with E-state index in [-0.39, 0.29) is 27.5 Å². The molecule has 0 aliphatic heterocycles. The Kier molecular flexibility index (Phi) is 8.21. The predicted octanol–water partition coefficient (Wildman–Crippen LogP) is 6.27. The maximum atomic E-state index is 14.2. The lowest BCUT2D eigenvalue weighted by molar-refractivity contribution is -0.124. The Morgan fingerprint density at radius 1 is 0.923 bits per heavy atom. The summed E-state index contributed by atoms with van der Waals surface area (Å²) in [5.74, 6) is -0.247. The number of rotatable bonds is 7. The number of anilines is 1. The fourth-order valence-electron chi connectivity index (χ4n) is 4.08. The lowest BCUT2D eigenvalue weighted by atomic mass is 10.0. The molecule has 0 saturated heterocycles. The Balaban J connectivity index is 1.97. The molecule has 1 N–H and O–H groups in total. The van der Waals surface area contributed by atoms with Crippen LogP contribution in [0.15, 0.2) is 100 Å². The van der Waals surface area contributed by atoms with Crippen LogP contribution in [0, 0.1) is 0 Å². The van der Waals surface area contributed by atoms with E-state index in [2.05, 4.69) is 5.32 Å². The molecule has 4 rings (SSSR count). The van der Waals surface area contributed by atoms with Gasteiger partial charge in [-0.1, -0.05) is 54.1 Å². The zero-order chi connectivity index (χ0) is 28.2. The fourth-order valence-corrected chi connectivity index (χ4v) is 4.30. The lowest BCUT2D eigenvalue weighted by Crippen LogP contribution is -2.49.